The van der Waals surface area contributed by atoms with Crippen molar-refractivity contribution in [1.29, 1.82) is 0 Å². The zero-order valence-corrected chi connectivity index (χ0v) is 11.7. The molecule has 2 amide bonds. The van der Waals surface area contributed by atoms with Crippen LogP contribution in [0, 0.1) is 0 Å². The highest BCUT2D eigenvalue weighted by atomic mass is 16.4. The number of piperazine rings is 1. The molecule has 1 aliphatic rings. The number of aromatic carboxylic acids is 1. The first-order valence-electron chi connectivity index (χ1n) is 6.64. The van der Waals surface area contributed by atoms with E-state index in [2.05, 4.69) is 0 Å². The maximum atomic E-state index is 12.0. The summed E-state index contributed by atoms with van der Waals surface area (Å²) in [6, 6.07) is 4.73. The molecule has 21 heavy (non-hydrogen) atoms. The van der Waals surface area contributed by atoms with E-state index in [0.717, 1.165) is 0 Å². The molecule has 0 aromatic heterocycles. The average molecular weight is 291 g/mol. The number of carboxylic acids is 1. The number of carbonyl (C=O) groups excluding carboxylic acids is 2. The highest BCUT2D eigenvalue weighted by Gasteiger charge is 2.32. The highest BCUT2D eigenvalue weighted by Crippen LogP contribution is 2.20. The third-order valence-electron chi connectivity index (χ3n) is 3.54. The number of hydrogen-bond donors (Lipinski definition) is 2. The summed E-state index contributed by atoms with van der Waals surface area (Å²) >= 11 is 0. The second kappa shape index (κ2) is 5.82. The van der Waals surface area contributed by atoms with Crippen LogP contribution < -0.4 is 5.73 Å². The molecule has 0 saturated carbocycles. The lowest BCUT2D eigenvalue weighted by Gasteiger charge is -2.33. The Balaban J connectivity index is 2.24. The molecule has 1 saturated heterocycles. The number of amides is 2. The molecule has 0 aliphatic carbocycles. The van der Waals surface area contributed by atoms with Crippen LogP contribution in [0.1, 0.15) is 22.8 Å². The van der Waals surface area contributed by atoms with Gasteiger partial charge >= 0.3 is 17.8 Å². The fourth-order valence-corrected chi connectivity index (χ4v) is 2.39. The van der Waals surface area contributed by atoms with Gasteiger partial charge in [0, 0.05) is 31.9 Å². The van der Waals surface area contributed by atoms with Crippen LogP contribution >= 0.6 is 0 Å². The Kier molecular flexibility index (Phi) is 4.11. The molecule has 7 nitrogen and oxygen atoms in total. The summed E-state index contributed by atoms with van der Waals surface area (Å²) in [5.41, 5.74) is 6.22. The van der Waals surface area contributed by atoms with Crippen molar-refractivity contribution in [2.75, 3.05) is 25.4 Å². The van der Waals surface area contributed by atoms with Gasteiger partial charge in [0.15, 0.2) is 0 Å². The van der Waals surface area contributed by atoms with Crippen LogP contribution in [0.3, 0.4) is 0 Å². The van der Waals surface area contributed by atoms with Gasteiger partial charge in [0.05, 0.1) is 5.56 Å². The third kappa shape index (κ3) is 2.81. The zero-order chi connectivity index (χ0) is 15.6. The van der Waals surface area contributed by atoms with E-state index in [0.29, 0.717) is 25.2 Å². The molecule has 1 heterocycles. The predicted octanol–water partition coefficient (Wildman–Crippen LogP) is 0.158. The van der Waals surface area contributed by atoms with Gasteiger partial charge in [-0.1, -0.05) is 12.1 Å². The smallest absolute Gasteiger partial charge is 0.338 e. The van der Waals surface area contributed by atoms with Gasteiger partial charge in [-0.05, 0) is 18.6 Å². The normalized spacial score (nSPS) is 15.5. The SMILES string of the molecule is CCN1CCN(Cc2cccc(N)c2C(=O)O)C(=O)C1=O. The maximum Gasteiger partial charge on any atom is 0.338 e. The predicted molar refractivity (Wildman–Crippen MR) is 75.5 cm³/mol. The molecule has 0 bridgehead atoms. The summed E-state index contributed by atoms with van der Waals surface area (Å²) in [5.74, 6) is -2.31. The number of carboxylic acid groups (broad SMARTS) is 1. The second-order valence-corrected chi connectivity index (χ2v) is 4.80. The summed E-state index contributed by atoms with van der Waals surface area (Å²) in [6.45, 7) is 3.19. The van der Waals surface area contributed by atoms with E-state index in [9.17, 15) is 19.5 Å². The number of carbonyl (C=O) groups is 3. The van der Waals surface area contributed by atoms with Crippen molar-refractivity contribution in [3.8, 4) is 0 Å². The minimum absolute atomic E-state index is 0.0179. The Labute approximate surface area is 121 Å². The van der Waals surface area contributed by atoms with Gasteiger partial charge in [-0.2, -0.15) is 0 Å². The van der Waals surface area contributed by atoms with E-state index < -0.39 is 17.8 Å². The van der Waals surface area contributed by atoms with Crippen LogP contribution in [-0.4, -0.2) is 52.3 Å². The molecule has 112 valence electrons. The Morgan fingerprint density at radius 3 is 2.48 bits per heavy atom. The van der Waals surface area contributed by atoms with Gasteiger partial charge in [0.1, 0.15) is 0 Å². The highest BCUT2D eigenvalue weighted by molar-refractivity contribution is 6.35. The Hall–Kier alpha value is -2.57. The van der Waals surface area contributed by atoms with E-state index in [1.54, 1.807) is 19.1 Å². The molecule has 3 N–H and O–H groups in total. The lowest BCUT2D eigenvalue weighted by molar-refractivity contribution is -0.156. The first kappa shape index (κ1) is 14.8. The molecule has 7 heteroatoms. The molecule has 2 rings (SSSR count). The first-order valence-corrected chi connectivity index (χ1v) is 6.64. The maximum absolute atomic E-state index is 12.0. The molecule has 0 radical (unpaired) electrons. The lowest BCUT2D eigenvalue weighted by atomic mass is 10.0. The number of nitrogens with two attached hydrogens (primary N) is 1. The Bertz CT molecular complexity index is 600. The van der Waals surface area contributed by atoms with Crippen LogP contribution in [-0.2, 0) is 16.1 Å². The second-order valence-electron chi connectivity index (χ2n) is 4.80. The van der Waals surface area contributed by atoms with Crippen molar-refractivity contribution < 1.29 is 19.5 Å². The van der Waals surface area contributed by atoms with Crippen molar-refractivity contribution in [3.63, 3.8) is 0 Å². The summed E-state index contributed by atoms with van der Waals surface area (Å²) in [4.78, 5) is 38.0. The largest absolute Gasteiger partial charge is 0.478 e. The number of rotatable bonds is 4. The van der Waals surface area contributed by atoms with Crippen molar-refractivity contribution in [1.82, 2.24) is 9.80 Å². The van der Waals surface area contributed by atoms with Crippen LogP contribution in [0.2, 0.25) is 0 Å². The van der Waals surface area contributed by atoms with Crippen LogP contribution in [0.15, 0.2) is 18.2 Å². The number of benzene rings is 1. The molecule has 0 unspecified atom stereocenters. The lowest BCUT2D eigenvalue weighted by Crippen LogP contribution is -2.53. The third-order valence-corrected chi connectivity index (χ3v) is 3.54. The molecule has 1 aromatic carbocycles. The van der Waals surface area contributed by atoms with Gasteiger partial charge in [-0.3, -0.25) is 9.59 Å². The molecule has 1 fully saturated rings. The van der Waals surface area contributed by atoms with Gasteiger partial charge in [-0.15, -0.1) is 0 Å². The minimum atomic E-state index is -1.14. The van der Waals surface area contributed by atoms with Crippen molar-refractivity contribution >= 4 is 23.5 Å². The van der Waals surface area contributed by atoms with Crippen LogP contribution in [0.4, 0.5) is 5.69 Å². The van der Waals surface area contributed by atoms with E-state index >= 15 is 0 Å². The summed E-state index contributed by atoms with van der Waals surface area (Å²) in [6.07, 6.45) is 0. The summed E-state index contributed by atoms with van der Waals surface area (Å²) < 4.78 is 0. The first-order chi connectivity index (χ1) is 9.95. The van der Waals surface area contributed by atoms with E-state index in [-0.39, 0.29) is 17.8 Å². The van der Waals surface area contributed by atoms with Gasteiger partial charge in [0.25, 0.3) is 0 Å². The van der Waals surface area contributed by atoms with E-state index in [1.165, 1.54) is 15.9 Å². The summed E-state index contributed by atoms with van der Waals surface area (Å²) in [5, 5.41) is 9.22. The van der Waals surface area contributed by atoms with Gasteiger partial charge in [0.2, 0.25) is 0 Å². The van der Waals surface area contributed by atoms with Crippen LogP contribution in [0.25, 0.3) is 0 Å². The molecule has 1 aliphatic heterocycles. The molecular weight excluding hydrogens is 274 g/mol. The molecule has 0 atom stereocenters. The standard InChI is InChI=1S/C14H17N3O4/c1-2-16-6-7-17(13(19)12(16)18)8-9-4-3-5-10(15)11(9)14(20)21/h3-5H,2,6-8,15H2,1H3,(H,20,21). The Morgan fingerprint density at radius 1 is 1.24 bits per heavy atom. The number of anilines is 1. The number of hydrogen-bond acceptors (Lipinski definition) is 4. The van der Waals surface area contributed by atoms with E-state index in [4.69, 9.17) is 5.73 Å². The monoisotopic (exact) mass is 291 g/mol. The molecular formula is C14H17N3O4. The number of nitrogen functional groups attached to an aromatic ring is 1. The van der Waals surface area contributed by atoms with Gasteiger partial charge < -0.3 is 20.6 Å². The van der Waals surface area contributed by atoms with Crippen molar-refractivity contribution in [3.05, 3.63) is 29.3 Å². The van der Waals surface area contributed by atoms with Crippen molar-refractivity contribution in [2.45, 2.75) is 13.5 Å². The van der Waals surface area contributed by atoms with Crippen molar-refractivity contribution in [2.24, 2.45) is 0 Å². The zero-order valence-electron chi connectivity index (χ0n) is 11.7. The molecule has 0 spiro atoms. The summed E-state index contributed by atoms with van der Waals surface area (Å²) in [7, 11) is 0. The molecule has 1 aromatic rings. The fourth-order valence-electron chi connectivity index (χ4n) is 2.39. The van der Waals surface area contributed by atoms with Gasteiger partial charge in [-0.25, -0.2) is 4.79 Å². The fraction of sp³-hybridized carbons (Fsp3) is 0.357. The quantitative estimate of drug-likeness (QED) is 0.607. The number of likely N-dealkylation sites (N-methyl/N-ethyl adjacent to an activating group) is 1. The number of nitrogens with zero attached hydrogens (tertiary/aromatic N) is 2. The average Bonchev–Trinajstić information content (AvgIpc) is 2.44. The minimum Gasteiger partial charge on any atom is -0.478 e. The Morgan fingerprint density at radius 2 is 1.86 bits per heavy atom. The van der Waals surface area contributed by atoms with Crippen LogP contribution in [0.5, 0.6) is 0 Å². The van der Waals surface area contributed by atoms with E-state index in [1.807, 2.05) is 0 Å². The topological polar surface area (TPSA) is 104 Å².